The average Bonchev–Trinajstić information content (AvgIpc) is 1.62. The average molecular weight is 228 g/mol. The van der Waals surface area contributed by atoms with E-state index in [9.17, 15) is 0 Å². The van der Waals surface area contributed by atoms with Crippen LogP contribution in [0.5, 0.6) is 0 Å². The molecule has 0 aromatic heterocycles. The minimum absolute atomic E-state index is 0.279. The Morgan fingerprint density at radius 2 is 1.75 bits per heavy atom. The Balaban J connectivity index is 3.62. The van der Waals surface area contributed by atoms with Gasteiger partial charge in [-0.1, -0.05) is 20.8 Å². The highest BCUT2D eigenvalue weighted by atomic mass is 127. The summed E-state index contributed by atoms with van der Waals surface area (Å²) in [6.45, 7) is 8.56. The third-order valence-electron chi connectivity index (χ3n) is 1.35. The molecule has 1 atom stereocenters. The molecule has 0 aliphatic heterocycles. The summed E-state index contributed by atoms with van der Waals surface area (Å²) in [5.74, 6) is 0. The summed E-state index contributed by atoms with van der Waals surface area (Å²) in [6, 6.07) is 0. The first kappa shape index (κ1) is 8.69. The van der Waals surface area contributed by atoms with Crippen LogP contribution in [0, 0.1) is 5.41 Å². The summed E-state index contributed by atoms with van der Waals surface area (Å²) in [7, 11) is 0. The van der Waals surface area contributed by atoms with Crippen molar-refractivity contribution in [3.63, 3.8) is 0 Å². The molecule has 0 aromatic carbocycles. The van der Waals surface area contributed by atoms with Crippen LogP contribution in [0.15, 0.2) is 0 Å². The van der Waals surface area contributed by atoms with Crippen molar-refractivity contribution in [3.05, 3.63) is 0 Å². The first-order valence-electron chi connectivity index (χ1n) is 2.76. The molecule has 0 aliphatic carbocycles. The molecule has 0 radical (unpaired) electrons. The van der Waals surface area contributed by atoms with Crippen molar-refractivity contribution >= 4 is 23.0 Å². The molecule has 0 aliphatic rings. The van der Waals surface area contributed by atoms with Gasteiger partial charge in [0.25, 0.3) is 0 Å². The Morgan fingerprint density at radius 3 is 1.75 bits per heavy atom. The monoisotopic (exact) mass is 228 g/mol. The van der Waals surface area contributed by atoms with Gasteiger partial charge in [0.15, 0.2) is 0 Å². The summed E-state index contributed by atoms with van der Waals surface area (Å²) >= 11 is 1.94. The fourth-order valence-electron chi connectivity index (χ4n) is 0.134. The van der Waals surface area contributed by atoms with Gasteiger partial charge in [0, 0.05) is 0 Å². The summed E-state index contributed by atoms with van der Waals surface area (Å²) in [4.78, 5) is 0. The molecule has 0 bridgehead atoms. The molecule has 0 amide bonds. The van der Waals surface area contributed by atoms with Crippen LogP contribution in [0.3, 0.4) is 0 Å². The molecular weight excluding hydrogens is 215 g/mol. The van der Waals surface area contributed by atoms with Gasteiger partial charge in [0.05, 0.1) is 6.10 Å². The van der Waals surface area contributed by atoms with Crippen LogP contribution in [0.1, 0.15) is 27.7 Å². The number of hydrogen-bond donors (Lipinski definition) is 0. The quantitative estimate of drug-likeness (QED) is 0.627. The highest BCUT2D eigenvalue weighted by molar-refractivity contribution is 14.1. The van der Waals surface area contributed by atoms with E-state index in [1.54, 1.807) is 0 Å². The second kappa shape index (κ2) is 3.01. The first-order chi connectivity index (χ1) is 3.48. The third kappa shape index (κ3) is 2.87. The van der Waals surface area contributed by atoms with Crippen LogP contribution in [0.25, 0.3) is 0 Å². The van der Waals surface area contributed by atoms with E-state index in [2.05, 4.69) is 27.7 Å². The van der Waals surface area contributed by atoms with Crippen LogP contribution < -0.4 is 0 Å². The normalized spacial score (nSPS) is 16.1. The lowest BCUT2D eigenvalue weighted by Gasteiger charge is -2.23. The lowest BCUT2D eigenvalue weighted by Crippen LogP contribution is -2.22. The van der Waals surface area contributed by atoms with E-state index in [0.717, 1.165) is 0 Å². The standard InChI is InChI=1S/C6H13IO/c1-5(8-7)6(2,3)4/h5H,1-4H3. The largest absolute Gasteiger partial charge is 0.312 e. The Morgan fingerprint density at radius 1 is 1.38 bits per heavy atom. The molecule has 0 aromatic rings. The van der Waals surface area contributed by atoms with Gasteiger partial charge in [-0.05, 0) is 12.3 Å². The molecule has 0 spiro atoms. The number of hydrogen-bond acceptors (Lipinski definition) is 1. The Bertz CT molecular complexity index is 65.4. The zero-order chi connectivity index (χ0) is 6.78. The van der Waals surface area contributed by atoms with Gasteiger partial charge in [-0.3, -0.25) is 0 Å². The van der Waals surface area contributed by atoms with Gasteiger partial charge >= 0.3 is 0 Å². The molecule has 0 saturated carbocycles. The maximum atomic E-state index is 5.08. The molecular formula is C6H13IO. The van der Waals surface area contributed by atoms with Gasteiger partial charge in [-0.25, -0.2) is 0 Å². The van der Waals surface area contributed by atoms with Crippen LogP contribution >= 0.6 is 23.0 Å². The fraction of sp³-hybridized carbons (Fsp3) is 1.00. The van der Waals surface area contributed by atoms with Gasteiger partial charge in [0.2, 0.25) is 0 Å². The predicted molar refractivity (Wildman–Crippen MR) is 44.0 cm³/mol. The second-order valence-electron chi connectivity index (χ2n) is 3.10. The molecule has 0 saturated heterocycles. The predicted octanol–water partition coefficient (Wildman–Crippen LogP) is 2.79. The number of halogens is 1. The van der Waals surface area contributed by atoms with E-state index in [4.69, 9.17) is 3.07 Å². The van der Waals surface area contributed by atoms with Crippen LogP contribution in [0.4, 0.5) is 0 Å². The maximum absolute atomic E-state index is 5.08. The van der Waals surface area contributed by atoms with E-state index >= 15 is 0 Å². The van der Waals surface area contributed by atoms with Crippen molar-refractivity contribution in [2.75, 3.05) is 0 Å². The highest BCUT2D eigenvalue weighted by Crippen LogP contribution is 2.22. The fourth-order valence-corrected chi connectivity index (χ4v) is 0.896. The Kier molecular flexibility index (Phi) is 3.27. The lowest BCUT2D eigenvalue weighted by molar-refractivity contribution is 0.152. The third-order valence-corrected chi connectivity index (χ3v) is 2.12. The molecule has 0 rings (SSSR count). The van der Waals surface area contributed by atoms with E-state index in [-0.39, 0.29) is 5.41 Å². The minimum Gasteiger partial charge on any atom is -0.312 e. The smallest absolute Gasteiger partial charge is 0.110 e. The van der Waals surface area contributed by atoms with Crippen molar-refractivity contribution < 1.29 is 3.07 Å². The summed E-state index contributed by atoms with van der Waals surface area (Å²) in [6.07, 6.45) is 0.336. The summed E-state index contributed by atoms with van der Waals surface area (Å²) in [5.41, 5.74) is 0.279. The first-order valence-corrected chi connectivity index (χ1v) is 3.64. The van der Waals surface area contributed by atoms with Crippen molar-refractivity contribution in [1.82, 2.24) is 0 Å². The molecule has 2 heteroatoms. The maximum Gasteiger partial charge on any atom is 0.110 e. The highest BCUT2D eigenvalue weighted by Gasteiger charge is 2.19. The molecule has 50 valence electrons. The summed E-state index contributed by atoms with van der Waals surface area (Å²) in [5, 5.41) is 0. The van der Waals surface area contributed by atoms with Crippen molar-refractivity contribution in [2.24, 2.45) is 5.41 Å². The topological polar surface area (TPSA) is 9.23 Å². The minimum atomic E-state index is 0.279. The van der Waals surface area contributed by atoms with Crippen molar-refractivity contribution in [2.45, 2.75) is 33.8 Å². The van der Waals surface area contributed by atoms with Gasteiger partial charge in [-0.15, -0.1) is 0 Å². The Labute approximate surface area is 65.5 Å². The van der Waals surface area contributed by atoms with Crippen LogP contribution in [0.2, 0.25) is 0 Å². The van der Waals surface area contributed by atoms with E-state index in [0.29, 0.717) is 6.10 Å². The summed E-state index contributed by atoms with van der Waals surface area (Å²) < 4.78 is 5.08. The SMILES string of the molecule is CC(OI)C(C)(C)C. The van der Waals surface area contributed by atoms with Gasteiger partial charge in [0.1, 0.15) is 23.0 Å². The van der Waals surface area contributed by atoms with Crippen LogP contribution in [-0.4, -0.2) is 6.10 Å². The molecule has 0 N–H and O–H groups in total. The second-order valence-corrected chi connectivity index (χ2v) is 3.61. The van der Waals surface area contributed by atoms with Gasteiger partial charge < -0.3 is 3.07 Å². The van der Waals surface area contributed by atoms with Crippen molar-refractivity contribution in [1.29, 1.82) is 0 Å². The zero-order valence-electron chi connectivity index (χ0n) is 5.86. The van der Waals surface area contributed by atoms with Gasteiger partial charge in [-0.2, -0.15) is 0 Å². The van der Waals surface area contributed by atoms with E-state index in [1.165, 1.54) is 0 Å². The van der Waals surface area contributed by atoms with E-state index < -0.39 is 0 Å². The molecule has 1 nitrogen and oxygen atoms in total. The molecule has 0 fully saturated rings. The van der Waals surface area contributed by atoms with Crippen molar-refractivity contribution in [3.8, 4) is 0 Å². The lowest BCUT2D eigenvalue weighted by atomic mass is 9.91. The number of rotatable bonds is 1. The molecule has 1 unspecified atom stereocenters. The zero-order valence-corrected chi connectivity index (χ0v) is 8.02. The van der Waals surface area contributed by atoms with E-state index in [1.807, 2.05) is 23.0 Å². The van der Waals surface area contributed by atoms with Crippen LogP contribution in [-0.2, 0) is 3.07 Å². The molecule has 8 heavy (non-hydrogen) atoms. The molecule has 0 heterocycles. The Hall–Kier alpha value is 0.690.